The van der Waals surface area contributed by atoms with Gasteiger partial charge in [0.1, 0.15) is 5.02 Å². The van der Waals surface area contributed by atoms with Crippen molar-refractivity contribution in [1.29, 1.82) is 0 Å². The van der Waals surface area contributed by atoms with E-state index in [4.69, 9.17) is 11.6 Å². The molecule has 1 spiro atoms. The lowest BCUT2D eigenvalue weighted by molar-refractivity contribution is -0.00124. The molecule has 1 amide bonds. The van der Waals surface area contributed by atoms with Gasteiger partial charge in [-0.1, -0.05) is 11.6 Å². The first-order chi connectivity index (χ1) is 12.0. The number of hydrogen-bond donors (Lipinski definition) is 1. The Labute approximate surface area is 176 Å². The highest BCUT2D eigenvalue weighted by Gasteiger charge is 2.42. The smallest absolute Gasteiger partial charge is 0.276 e. The van der Waals surface area contributed by atoms with Gasteiger partial charge >= 0.3 is 0 Å². The van der Waals surface area contributed by atoms with Crippen LogP contribution < -0.4 is 5.32 Å². The van der Waals surface area contributed by atoms with Crippen LogP contribution in [0.4, 0.5) is 0 Å². The van der Waals surface area contributed by atoms with Gasteiger partial charge in [0.05, 0.1) is 0 Å². The summed E-state index contributed by atoms with van der Waals surface area (Å²) in [6, 6.07) is 0. The van der Waals surface area contributed by atoms with E-state index in [0.717, 1.165) is 44.6 Å². The number of carbonyl (C=O) groups is 1. The maximum absolute atomic E-state index is 13.1. The molecule has 10 heteroatoms. The van der Waals surface area contributed by atoms with E-state index < -0.39 is 0 Å². The van der Waals surface area contributed by atoms with E-state index in [0.29, 0.717) is 22.9 Å². The quantitative estimate of drug-likeness (QED) is 0.742. The molecule has 2 aromatic rings. The Kier molecular flexibility index (Phi) is 6.97. The van der Waals surface area contributed by atoms with Crippen LogP contribution in [0.25, 0.3) is 5.65 Å². The van der Waals surface area contributed by atoms with Crippen molar-refractivity contribution in [1.82, 2.24) is 29.7 Å². The summed E-state index contributed by atoms with van der Waals surface area (Å²) < 4.78 is 1.60. The Balaban J connectivity index is 0.00000131. The molecule has 0 aromatic carbocycles. The molecule has 150 valence electrons. The Morgan fingerprint density at radius 1 is 1.26 bits per heavy atom. The highest BCUT2D eigenvalue weighted by Crippen LogP contribution is 2.31. The molecule has 0 aliphatic carbocycles. The van der Waals surface area contributed by atoms with Gasteiger partial charge < -0.3 is 10.2 Å². The van der Waals surface area contributed by atoms with E-state index >= 15 is 0 Å². The van der Waals surface area contributed by atoms with Crippen molar-refractivity contribution in [3.8, 4) is 0 Å². The number of nitrogens with zero attached hydrogens (tertiary/aromatic N) is 5. The fraction of sp³-hybridized carbons (Fsp3) is 0.588. The van der Waals surface area contributed by atoms with Gasteiger partial charge in [-0.3, -0.25) is 9.69 Å². The third kappa shape index (κ3) is 3.89. The summed E-state index contributed by atoms with van der Waals surface area (Å²) >= 11 is 6.42. The predicted octanol–water partition coefficient (Wildman–Crippen LogP) is 2.04. The van der Waals surface area contributed by atoms with Crippen LogP contribution in [-0.2, 0) is 0 Å². The number of halogens is 3. The SMILES string of the molecule is Cc1cnc2c(Cl)c(C(=O)N3CCN(C)C4(CCNCC4)C3)nn2c1.Cl.Cl. The minimum atomic E-state index is -0.0980. The van der Waals surface area contributed by atoms with Crippen LogP contribution in [0.3, 0.4) is 0 Å². The van der Waals surface area contributed by atoms with Crippen molar-refractivity contribution >= 4 is 48.0 Å². The van der Waals surface area contributed by atoms with Gasteiger partial charge in [0.2, 0.25) is 0 Å². The molecule has 27 heavy (non-hydrogen) atoms. The second-order valence-corrected chi connectivity index (χ2v) is 7.56. The van der Waals surface area contributed by atoms with Gasteiger partial charge in [-0.05, 0) is 45.5 Å². The number of hydrogen-bond acceptors (Lipinski definition) is 5. The van der Waals surface area contributed by atoms with Crippen molar-refractivity contribution in [2.45, 2.75) is 25.3 Å². The molecule has 2 saturated heterocycles. The lowest BCUT2D eigenvalue weighted by Crippen LogP contribution is -2.64. The summed E-state index contributed by atoms with van der Waals surface area (Å²) in [7, 11) is 2.16. The largest absolute Gasteiger partial charge is 0.334 e. The van der Waals surface area contributed by atoms with Crippen molar-refractivity contribution in [3.05, 3.63) is 28.7 Å². The zero-order valence-corrected chi connectivity index (χ0v) is 17.8. The second-order valence-electron chi connectivity index (χ2n) is 7.18. The van der Waals surface area contributed by atoms with E-state index in [2.05, 4.69) is 27.3 Å². The summed E-state index contributed by atoms with van der Waals surface area (Å²) in [5.41, 5.74) is 1.85. The Morgan fingerprint density at radius 2 is 1.96 bits per heavy atom. The standard InChI is InChI=1S/C17H23ClN6O.2ClH/c1-12-9-20-15-13(18)14(21-24(15)10-12)16(25)23-8-7-22(2)17(11-23)3-5-19-6-4-17;;/h9-10,19H,3-8,11H2,1-2H3;2*1H. The maximum atomic E-state index is 13.1. The van der Waals surface area contributed by atoms with Crippen LogP contribution in [0, 0.1) is 6.92 Å². The van der Waals surface area contributed by atoms with Gasteiger partial charge in [-0.2, -0.15) is 5.10 Å². The Bertz CT molecular complexity index is 820. The molecule has 2 fully saturated rings. The lowest BCUT2D eigenvalue weighted by Gasteiger charge is -2.51. The molecule has 0 bridgehead atoms. The molecule has 7 nitrogen and oxygen atoms in total. The number of amides is 1. The maximum Gasteiger partial charge on any atom is 0.276 e. The molecular weight excluding hydrogens is 411 g/mol. The number of aromatic nitrogens is 3. The van der Waals surface area contributed by atoms with Crippen LogP contribution in [-0.4, -0.2) is 75.6 Å². The number of piperidine rings is 1. The zero-order valence-electron chi connectivity index (χ0n) is 15.4. The Morgan fingerprint density at radius 3 is 2.67 bits per heavy atom. The number of rotatable bonds is 1. The molecular formula is C17H25Cl3N6O. The van der Waals surface area contributed by atoms with Crippen LogP contribution in [0.2, 0.25) is 5.02 Å². The third-order valence-corrected chi connectivity index (χ3v) is 5.92. The van der Waals surface area contributed by atoms with Gasteiger partial charge in [0.25, 0.3) is 5.91 Å². The van der Waals surface area contributed by atoms with Gasteiger partial charge in [-0.15, -0.1) is 24.8 Å². The molecule has 0 unspecified atom stereocenters. The zero-order chi connectivity index (χ0) is 17.6. The predicted molar refractivity (Wildman–Crippen MR) is 111 cm³/mol. The highest BCUT2D eigenvalue weighted by atomic mass is 35.5. The minimum absolute atomic E-state index is 0. The summed E-state index contributed by atoms with van der Waals surface area (Å²) in [4.78, 5) is 21.7. The van der Waals surface area contributed by atoms with Crippen molar-refractivity contribution in [2.24, 2.45) is 0 Å². The first-order valence-electron chi connectivity index (χ1n) is 8.72. The average molecular weight is 436 g/mol. The van der Waals surface area contributed by atoms with Gasteiger partial charge in [-0.25, -0.2) is 9.50 Å². The molecule has 2 aliphatic rings. The van der Waals surface area contributed by atoms with Crippen molar-refractivity contribution < 1.29 is 4.79 Å². The molecule has 2 aliphatic heterocycles. The van der Waals surface area contributed by atoms with E-state index in [9.17, 15) is 4.79 Å². The molecule has 1 N–H and O–H groups in total. The summed E-state index contributed by atoms with van der Waals surface area (Å²) in [5, 5.41) is 8.15. The fourth-order valence-corrected chi connectivity index (χ4v) is 4.21. The third-order valence-electron chi connectivity index (χ3n) is 5.57. The van der Waals surface area contributed by atoms with Crippen LogP contribution >= 0.6 is 36.4 Å². The first kappa shape index (κ1) is 22.2. The number of fused-ring (bicyclic) bond motifs is 1. The topological polar surface area (TPSA) is 65.8 Å². The number of aryl methyl sites for hydroxylation is 1. The van der Waals surface area contributed by atoms with Crippen LogP contribution in [0.5, 0.6) is 0 Å². The molecule has 0 radical (unpaired) electrons. The second kappa shape index (κ2) is 8.49. The van der Waals surface area contributed by atoms with E-state index in [1.54, 1.807) is 10.7 Å². The molecule has 4 rings (SSSR count). The van der Waals surface area contributed by atoms with Crippen molar-refractivity contribution in [2.75, 3.05) is 39.8 Å². The van der Waals surface area contributed by atoms with E-state index in [1.165, 1.54) is 0 Å². The van der Waals surface area contributed by atoms with Gasteiger partial charge in [0.15, 0.2) is 11.3 Å². The number of carbonyl (C=O) groups excluding carboxylic acids is 1. The summed E-state index contributed by atoms with van der Waals surface area (Å²) in [6.45, 7) is 6.20. The van der Waals surface area contributed by atoms with Crippen LogP contribution in [0.1, 0.15) is 28.9 Å². The summed E-state index contributed by atoms with van der Waals surface area (Å²) in [5.74, 6) is -0.0980. The normalized spacial score (nSPS) is 19.6. The minimum Gasteiger partial charge on any atom is -0.334 e. The number of likely N-dealkylation sites (N-methyl/N-ethyl adjacent to an activating group) is 1. The van der Waals surface area contributed by atoms with Crippen LogP contribution in [0.15, 0.2) is 12.4 Å². The molecule has 4 heterocycles. The monoisotopic (exact) mass is 434 g/mol. The highest BCUT2D eigenvalue weighted by molar-refractivity contribution is 6.36. The van der Waals surface area contributed by atoms with Gasteiger partial charge in [0, 0.05) is 37.6 Å². The fourth-order valence-electron chi connectivity index (χ4n) is 3.96. The lowest BCUT2D eigenvalue weighted by atomic mass is 9.84. The number of nitrogens with one attached hydrogen (secondary N) is 1. The molecule has 0 atom stereocenters. The van der Waals surface area contributed by atoms with E-state index in [-0.39, 0.29) is 36.3 Å². The summed E-state index contributed by atoms with van der Waals surface area (Å²) in [6.07, 6.45) is 5.67. The van der Waals surface area contributed by atoms with E-state index in [1.807, 2.05) is 18.0 Å². The Hall–Kier alpha value is -1.12. The average Bonchev–Trinajstić information content (AvgIpc) is 2.93. The molecule has 0 saturated carbocycles. The van der Waals surface area contributed by atoms with Crippen molar-refractivity contribution in [3.63, 3.8) is 0 Å². The molecule has 2 aromatic heterocycles. The first-order valence-corrected chi connectivity index (χ1v) is 9.10. The number of piperazine rings is 1.